The van der Waals surface area contributed by atoms with E-state index in [-0.39, 0.29) is 11.8 Å². The summed E-state index contributed by atoms with van der Waals surface area (Å²) >= 11 is 0. The highest BCUT2D eigenvalue weighted by atomic mass is 19.1. The second kappa shape index (κ2) is 11.1. The van der Waals surface area contributed by atoms with Crippen LogP contribution in [-0.4, -0.2) is 25.3 Å². The van der Waals surface area contributed by atoms with Crippen LogP contribution in [0.4, 0.5) is 4.39 Å². The summed E-state index contributed by atoms with van der Waals surface area (Å²) in [5, 5.41) is 0. The number of halogens is 1. The molecule has 166 valence electrons. The van der Waals surface area contributed by atoms with Crippen molar-refractivity contribution in [3.05, 3.63) is 90.3 Å². The molecule has 0 aliphatic heterocycles. The van der Waals surface area contributed by atoms with Gasteiger partial charge in [-0.15, -0.1) is 0 Å². The Labute approximate surface area is 188 Å². The molecule has 0 aliphatic rings. The van der Waals surface area contributed by atoms with Crippen molar-refractivity contribution in [2.75, 3.05) is 13.2 Å². The quantitative estimate of drug-likeness (QED) is 0.371. The predicted molar refractivity (Wildman–Crippen MR) is 124 cm³/mol. The highest BCUT2D eigenvalue weighted by Crippen LogP contribution is 2.23. The number of benzene rings is 3. The maximum absolute atomic E-state index is 13.1. The molecule has 0 saturated carbocycles. The van der Waals surface area contributed by atoms with Gasteiger partial charge in [0, 0.05) is 0 Å². The first-order valence-electron chi connectivity index (χ1n) is 10.6. The zero-order chi connectivity index (χ0) is 22.9. The van der Waals surface area contributed by atoms with Gasteiger partial charge >= 0.3 is 5.97 Å². The van der Waals surface area contributed by atoms with Crippen molar-refractivity contribution < 1.29 is 23.4 Å². The number of rotatable bonds is 9. The van der Waals surface area contributed by atoms with Crippen molar-refractivity contribution >= 4 is 11.5 Å². The Bertz CT molecular complexity index is 1040. The Kier molecular flexibility index (Phi) is 8.03. The van der Waals surface area contributed by atoms with E-state index in [1.54, 1.807) is 50.2 Å². The third-order valence-electron chi connectivity index (χ3n) is 4.91. The number of allylic oxidation sites excluding steroid dienone is 1. The summed E-state index contributed by atoms with van der Waals surface area (Å²) < 4.78 is 29.4. The predicted octanol–water partition coefficient (Wildman–Crippen LogP) is 6.31. The number of carbonyl (C=O) groups excluding carboxylic acids is 1. The van der Waals surface area contributed by atoms with Gasteiger partial charge in [0.2, 0.25) is 0 Å². The molecule has 32 heavy (non-hydrogen) atoms. The van der Waals surface area contributed by atoms with Gasteiger partial charge in [0.1, 0.15) is 23.9 Å². The van der Waals surface area contributed by atoms with Gasteiger partial charge in [-0.2, -0.15) is 0 Å². The highest BCUT2D eigenvalue weighted by Gasteiger charge is 2.15. The summed E-state index contributed by atoms with van der Waals surface area (Å²) in [6.07, 6.45) is 1.35. The van der Waals surface area contributed by atoms with Gasteiger partial charge < -0.3 is 14.2 Å². The third kappa shape index (κ3) is 6.45. The Hall–Kier alpha value is -3.60. The van der Waals surface area contributed by atoms with Crippen LogP contribution in [0.25, 0.3) is 16.7 Å². The molecule has 1 atom stereocenters. The zero-order valence-corrected chi connectivity index (χ0v) is 18.5. The monoisotopic (exact) mass is 434 g/mol. The normalized spacial score (nSPS) is 12.2. The second-order valence-corrected chi connectivity index (χ2v) is 7.27. The number of carbonyl (C=O) groups is 1. The Morgan fingerprint density at radius 2 is 1.47 bits per heavy atom. The summed E-state index contributed by atoms with van der Waals surface area (Å²) in [7, 11) is 0. The van der Waals surface area contributed by atoms with Crippen molar-refractivity contribution in [2.45, 2.75) is 26.9 Å². The molecule has 0 amide bonds. The molecule has 0 spiro atoms. The van der Waals surface area contributed by atoms with E-state index in [0.29, 0.717) is 24.7 Å². The zero-order valence-electron chi connectivity index (χ0n) is 18.5. The van der Waals surface area contributed by atoms with Gasteiger partial charge in [0.25, 0.3) is 0 Å². The summed E-state index contributed by atoms with van der Waals surface area (Å²) in [5.41, 5.74) is 4.21. The maximum atomic E-state index is 13.1. The molecular formula is C27H27FO4. The van der Waals surface area contributed by atoms with E-state index in [1.807, 2.05) is 37.3 Å². The minimum atomic E-state index is -0.665. The molecule has 0 N–H and O–H groups in total. The molecule has 4 nitrogen and oxygen atoms in total. The van der Waals surface area contributed by atoms with Crippen LogP contribution in [0, 0.1) is 5.82 Å². The second-order valence-electron chi connectivity index (χ2n) is 7.27. The lowest BCUT2D eigenvalue weighted by atomic mass is 10.0. The van der Waals surface area contributed by atoms with Crippen LogP contribution >= 0.6 is 0 Å². The number of hydrogen-bond acceptors (Lipinski definition) is 4. The van der Waals surface area contributed by atoms with E-state index < -0.39 is 6.10 Å². The van der Waals surface area contributed by atoms with Gasteiger partial charge in [-0.05, 0) is 85.5 Å². The van der Waals surface area contributed by atoms with Crippen LogP contribution in [0.15, 0.2) is 78.9 Å². The summed E-state index contributed by atoms with van der Waals surface area (Å²) in [6, 6.07) is 21.7. The highest BCUT2D eigenvalue weighted by molar-refractivity contribution is 5.74. The molecule has 0 unspecified atom stereocenters. The lowest BCUT2D eigenvalue weighted by Crippen LogP contribution is -2.25. The number of esters is 1. The Balaban J connectivity index is 1.53. The molecule has 0 heterocycles. The van der Waals surface area contributed by atoms with E-state index in [2.05, 4.69) is 0 Å². The van der Waals surface area contributed by atoms with Crippen LogP contribution in [0.1, 0.15) is 26.3 Å². The SMILES string of the molecule is CCOC(=O)[C@@H](C)Oc1ccc(OC/C=C(\C)c2ccc(-c3ccc(F)cc3)cc2)cc1. The lowest BCUT2D eigenvalue weighted by Gasteiger charge is -2.13. The molecular weight excluding hydrogens is 407 g/mol. The minimum absolute atomic E-state index is 0.238. The fourth-order valence-electron chi connectivity index (χ4n) is 3.07. The first-order chi connectivity index (χ1) is 15.5. The molecule has 0 aliphatic carbocycles. The number of hydrogen-bond donors (Lipinski definition) is 0. The van der Waals surface area contributed by atoms with Crippen molar-refractivity contribution in [3.63, 3.8) is 0 Å². The van der Waals surface area contributed by atoms with Crippen LogP contribution in [-0.2, 0) is 9.53 Å². The van der Waals surface area contributed by atoms with Crippen LogP contribution < -0.4 is 9.47 Å². The fourth-order valence-corrected chi connectivity index (χ4v) is 3.07. The first-order valence-corrected chi connectivity index (χ1v) is 10.6. The summed E-state index contributed by atoms with van der Waals surface area (Å²) in [6.45, 7) is 6.19. The van der Waals surface area contributed by atoms with Crippen LogP contribution in [0.2, 0.25) is 0 Å². The van der Waals surface area contributed by atoms with Gasteiger partial charge in [0.15, 0.2) is 6.10 Å². The summed E-state index contributed by atoms with van der Waals surface area (Å²) in [5.74, 6) is 0.652. The molecule has 3 aromatic rings. The maximum Gasteiger partial charge on any atom is 0.347 e. The van der Waals surface area contributed by atoms with Crippen LogP contribution in [0.5, 0.6) is 11.5 Å². The molecule has 3 rings (SSSR count). The molecule has 0 fully saturated rings. The average Bonchev–Trinajstić information content (AvgIpc) is 2.81. The molecule has 0 radical (unpaired) electrons. The summed E-state index contributed by atoms with van der Waals surface area (Å²) in [4.78, 5) is 11.6. The van der Waals surface area contributed by atoms with Gasteiger partial charge in [-0.25, -0.2) is 9.18 Å². The van der Waals surface area contributed by atoms with Gasteiger partial charge in [-0.3, -0.25) is 0 Å². The standard InChI is InChI=1S/C27H27FO4/c1-4-30-27(29)20(3)32-26-15-13-25(14-16-26)31-18-17-19(2)21-5-7-22(8-6-21)23-9-11-24(28)12-10-23/h5-17,20H,4,18H2,1-3H3/b19-17+/t20-/m1/s1. The van der Waals surface area contributed by atoms with Gasteiger partial charge in [0.05, 0.1) is 6.61 Å². The topological polar surface area (TPSA) is 44.8 Å². The minimum Gasteiger partial charge on any atom is -0.490 e. The van der Waals surface area contributed by atoms with Crippen molar-refractivity contribution in [1.29, 1.82) is 0 Å². The average molecular weight is 435 g/mol. The fraction of sp³-hybridized carbons (Fsp3) is 0.222. The number of ether oxygens (including phenoxy) is 3. The molecule has 0 saturated heterocycles. The van der Waals surface area contributed by atoms with Gasteiger partial charge in [-0.1, -0.05) is 36.4 Å². The lowest BCUT2D eigenvalue weighted by molar-refractivity contribution is -0.150. The molecule has 3 aromatic carbocycles. The Morgan fingerprint density at radius 1 is 0.906 bits per heavy atom. The van der Waals surface area contributed by atoms with Crippen molar-refractivity contribution in [2.24, 2.45) is 0 Å². The molecule has 0 aromatic heterocycles. The smallest absolute Gasteiger partial charge is 0.347 e. The Morgan fingerprint density at radius 3 is 2.06 bits per heavy atom. The third-order valence-corrected chi connectivity index (χ3v) is 4.91. The van der Waals surface area contributed by atoms with Crippen molar-refractivity contribution in [3.8, 4) is 22.6 Å². The van der Waals surface area contributed by atoms with Crippen molar-refractivity contribution in [1.82, 2.24) is 0 Å². The van der Waals surface area contributed by atoms with E-state index in [0.717, 1.165) is 22.3 Å². The van der Waals surface area contributed by atoms with E-state index >= 15 is 0 Å². The van der Waals surface area contributed by atoms with E-state index in [9.17, 15) is 9.18 Å². The molecule has 5 heteroatoms. The van der Waals surface area contributed by atoms with E-state index in [4.69, 9.17) is 14.2 Å². The van der Waals surface area contributed by atoms with E-state index in [1.165, 1.54) is 12.1 Å². The molecule has 0 bridgehead atoms. The first kappa shape index (κ1) is 23.1. The van der Waals surface area contributed by atoms with Crippen LogP contribution in [0.3, 0.4) is 0 Å². The largest absolute Gasteiger partial charge is 0.490 e.